The molecule has 0 fully saturated rings. The van der Waals surface area contributed by atoms with Gasteiger partial charge in [-0.05, 0) is 51.2 Å². The molecule has 32 heavy (non-hydrogen) atoms. The highest BCUT2D eigenvalue weighted by Crippen LogP contribution is 2.28. The summed E-state index contributed by atoms with van der Waals surface area (Å²) in [5.41, 5.74) is 2.89. The van der Waals surface area contributed by atoms with Gasteiger partial charge in [0.1, 0.15) is 5.75 Å². The topological polar surface area (TPSA) is 78.0 Å². The number of carbonyl (C=O) groups is 1. The Morgan fingerprint density at radius 2 is 1.88 bits per heavy atom. The fourth-order valence-corrected chi connectivity index (χ4v) is 3.34. The molecule has 0 spiro atoms. The standard InChI is InChI=1S/C24H35N5O2.HI/c1-6-26-24(27-15-14-18-10-9-11-19(16-18)23(30)25-2)28-17-21(29(3)4)20-12-7-8-13-22(20)31-5;/h7-13,16,21H,6,14-15,17H2,1-5H3,(H,25,30)(H2,26,27,28);1H. The lowest BCUT2D eigenvalue weighted by atomic mass is 10.0. The Balaban J connectivity index is 0.00000512. The van der Waals surface area contributed by atoms with Crippen LogP contribution in [0.15, 0.2) is 53.5 Å². The second kappa shape index (κ2) is 14.7. The molecule has 0 saturated carbocycles. The molecule has 1 unspecified atom stereocenters. The van der Waals surface area contributed by atoms with Crippen LogP contribution in [0.1, 0.15) is 34.5 Å². The van der Waals surface area contributed by atoms with E-state index < -0.39 is 0 Å². The van der Waals surface area contributed by atoms with Crippen molar-refractivity contribution in [1.82, 2.24) is 20.9 Å². The van der Waals surface area contributed by atoms with Crippen LogP contribution >= 0.6 is 24.0 Å². The summed E-state index contributed by atoms with van der Waals surface area (Å²) >= 11 is 0. The Morgan fingerprint density at radius 3 is 2.53 bits per heavy atom. The molecule has 0 aromatic heterocycles. The Kier molecular flexibility index (Phi) is 12.7. The smallest absolute Gasteiger partial charge is 0.251 e. The van der Waals surface area contributed by atoms with E-state index in [-0.39, 0.29) is 35.9 Å². The molecule has 2 aromatic carbocycles. The molecule has 3 N–H and O–H groups in total. The highest BCUT2D eigenvalue weighted by molar-refractivity contribution is 14.0. The van der Waals surface area contributed by atoms with Gasteiger partial charge in [0, 0.05) is 31.3 Å². The van der Waals surface area contributed by atoms with E-state index >= 15 is 0 Å². The van der Waals surface area contributed by atoms with E-state index in [9.17, 15) is 4.79 Å². The quantitative estimate of drug-likeness (QED) is 0.240. The zero-order valence-corrected chi connectivity index (χ0v) is 22.0. The third-order valence-electron chi connectivity index (χ3n) is 5.01. The number of benzene rings is 2. The third-order valence-corrected chi connectivity index (χ3v) is 5.01. The second-order valence-corrected chi connectivity index (χ2v) is 7.40. The van der Waals surface area contributed by atoms with E-state index in [1.165, 1.54) is 0 Å². The van der Waals surface area contributed by atoms with Crippen LogP contribution in [0.3, 0.4) is 0 Å². The SMILES string of the molecule is CCNC(=NCC(c1ccccc1OC)N(C)C)NCCc1cccc(C(=O)NC)c1.I. The zero-order valence-electron chi connectivity index (χ0n) is 19.6. The Morgan fingerprint density at radius 1 is 1.12 bits per heavy atom. The lowest BCUT2D eigenvalue weighted by Gasteiger charge is -2.25. The maximum Gasteiger partial charge on any atom is 0.251 e. The second-order valence-electron chi connectivity index (χ2n) is 7.40. The molecule has 0 aliphatic carbocycles. The minimum atomic E-state index is -0.0734. The minimum absolute atomic E-state index is 0. The Labute approximate surface area is 209 Å². The van der Waals surface area contributed by atoms with Crippen LogP contribution in [0, 0.1) is 0 Å². The van der Waals surface area contributed by atoms with Gasteiger partial charge in [-0.25, -0.2) is 0 Å². The number of hydrogen-bond donors (Lipinski definition) is 3. The number of nitrogens with zero attached hydrogens (tertiary/aromatic N) is 2. The molecule has 0 bridgehead atoms. The van der Waals surface area contributed by atoms with E-state index in [2.05, 4.69) is 26.9 Å². The van der Waals surface area contributed by atoms with Gasteiger partial charge >= 0.3 is 0 Å². The van der Waals surface area contributed by atoms with Gasteiger partial charge < -0.3 is 25.6 Å². The lowest BCUT2D eigenvalue weighted by Crippen LogP contribution is -2.39. The van der Waals surface area contributed by atoms with Gasteiger partial charge in [0.15, 0.2) is 5.96 Å². The molecule has 1 atom stereocenters. The highest BCUT2D eigenvalue weighted by Gasteiger charge is 2.18. The number of carbonyl (C=O) groups excluding carboxylic acids is 1. The van der Waals surface area contributed by atoms with Crippen LogP contribution in [0.25, 0.3) is 0 Å². The summed E-state index contributed by atoms with van der Waals surface area (Å²) in [5, 5.41) is 9.36. The molecule has 0 heterocycles. The van der Waals surface area contributed by atoms with Crippen LogP contribution in [0.4, 0.5) is 0 Å². The first-order chi connectivity index (χ1) is 15.0. The van der Waals surface area contributed by atoms with Crippen molar-refractivity contribution in [2.24, 2.45) is 4.99 Å². The van der Waals surface area contributed by atoms with Crippen LogP contribution in [-0.2, 0) is 6.42 Å². The van der Waals surface area contributed by atoms with E-state index in [0.29, 0.717) is 18.7 Å². The molecule has 176 valence electrons. The third kappa shape index (κ3) is 8.31. The molecule has 0 aliphatic rings. The van der Waals surface area contributed by atoms with Crippen molar-refractivity contribution in [3.63, 3.8) is 0 Å². The van der Waals surface area contributed by atoms with Gasteiger partial charge in [0.2, 0.25) is 0 Å². The van der Waals surface area contributed by atoms with E-state index in [4.69, 9.17) is 9.73 Å². The first-order valence-electron chi connectivity index (χ1n) is 10.6. The summed E-state index contributed by atoms with van der Waals surface area (Å²) in [5.74, 6) is 1.56. The predicted molar refractivity (Wildman–Crippen MR) is 142 cm³/mol. The molecule has 0 saturated heterocycles. The van der Waals surface area contributed by atoms with Gasteiger partial charge in [0.25, 0.3) is 5.91 Å². The van der Waals surface area contributed by atoms with E-state index in [1.807, 2.05) is 63.5 Å². The number of guanidine groups is 1. The normalized spacial score (nSPS) is 12.0. The van der Waals surface area contributed by atoms with Crippen LogP contribution in [0.5, 0.6) is 5.75 Å². The number of ether oxygens (including phenoxy) is 1. The number of aliphatic imine (C=N–C) groups is 1. The Hall–Kier alpha value is -2.33. The molecule has 1 amide bonds. The fourth-order valence-electron chi connectivity index (χ4n) is 3.34. The monoisotopic (exact) mass is 553 g/mol. The van der Waals surface area contributed by atoms with Crippen molar-refractivity contribution in [1.29, 1.82) is 0 Å². The first kappa shape index (κ1) is 27.7. The van der Waals surface area contributed by atoms with Crippen molar-refractivity contribution in [3.05, 3.63) is 65.2 Å². The van der Waals surface area contributed by atoms with Crippen molar-refractivity contribution < 1.29 is 9.53 Å². The summed E-state index contributed by atoms with van der Waals surface area (Å²) in [6, 6.07) is 15.8. The fraction of sp³-hybridized carbons (Fsp3) is 0.417. The summed E-state index contributed by atoms with van der Waals surface area (Å²) < 4.78 is 5.54. The van der Waals surface area contributed by atoms with Gasteiger partial charge in [-0.2, -0.15) is 0 Å². The average molecular weight is 553 g/mol. The summed E-state index contributed by atoms with van der Waals surface area (Å²) in [7, 11) is 7.43. The molecule has 0 aliphatic heterocycles. The van der Waals surface area contributed by atoms with Crippen LogP contribution < -0.4 is 20.7 Å². The summed E-state index contributed by atoms with van der Waals surface area (Å²) in [6.45, 7) is 4.13. The first-order valence-corrected chi connectivity index (χ1v) is 10.6. The van der Waals surface area contributed by atoms with E-state index in [0.717, 1.165) is 35.8 Å². The van der Waals surface area contributed by atoms with Crippen LogP contribution in [0.2, 0.25) is 0 Å². The predicted octanol–water partition coefficient (Wildman–Crippen LogP) is 3.07. The number of halogens is 1. The van der Waals surface area contributed by atoms with Crippen molar-refractivity contribution >= 4 is 35.8 Å². The molecular weight excluding hydrogens is 517 g/mol. The lowest BCUT2D eigenvalue weighted by molar-refractivity contribution is 0.0963. The molecule has 8 heteroatoms. The van der Waals surface area contributed by atoms with Crippen molar-refractivity contribution in [2.45, 2.75) is 19.4 Å². The van der Waals surface area contributed by atoms with E-state index in [1.54, 1.807) is 14.2 Å². The number of nitrogens with one attached hydrogen (secondary N) is 3. The maximum atomic E-state index is 11.8. The molecule has 2 aromatic rings. The molecular formula is C24H36IN5O2. The largest absolute Gasteiger partial charge is 0.496 e. The number of likely N-dealkylation sites (N-methyl/N-ethyl adjacent to an activating group) is 1. The number of para-hydroxylation sites is 1. The van der Waals surface area contributed by atoms with Gasteiger partial charge in [-0.3, -0.25) is 9.79 Å². The maximum absolute atomic E-state index is 11.8. The van der Waals surface area contributed by atoms with Gasteiger partial charge in [-0.1, -0.05) is 30.3 Å². The number of amides is 1. The Bertz CT molecular complexity index is 873. The molecule has 0 radical (unpaired) electrons. The van der Waals surface area contributed by atoms with Crippen molar-refractivity contribution in [2.75, 3.05) is 47.9 Å². The highest BCUT2D eigenvalue weighted by atomic mass is 127. The summed E-state index contributed by atoms with van der Waals surface area (Å²) in [6.07, 6.45) is 0.791. The zero-order chi connectivity index (χ0) is 22.6. The number of methoxy groups -OCH3 is 1. The van der Waals surface area contributed by atoms with Crippen LogP contribution in [-0.4, -0.2) is 64.7 Å². The van der Waals surface area contributed by atoms with Gasteiger partial charge in [0.05, 0.1) is 19.7 Å². The van der Waals surface area contributed by atoms with Gasteiger partial charge in [-0.15, -0.1) is 24.0 Å². The van der Waals surface area contributed by atoms with Crippen molar-refractivity contribution in [3.8, 4) is 5.75 Å². The average Bonchev–Trinajstić information content (AvgIpc) is 2.78. The molecule has 2 rings (SSSR count). The molecule has 7 nitrogen and oxygen atoms in total. The number of hydrogen-bond acceptors (Lipinski definition) is 4. The minimum Gasteiger partial charge on any atom is -0.496 e. The summed E-state index contributed by atoms with van der Waals surface area (Å²) in [4.78, 5) is 18.8. The number of rotatable bonds is 10.